The summed E-state index contributed by atoms with van der Waals surface area (Å²) in [5.41, 5.74) is 2.22. The molecule has 1 aromatic carbocycles. The monoisotopic (exact) mass is 535 g/mol. The number of rotatable bonds is 11. The second-order valence-corrected chi connectivity index (χ2v) is 8.85. The molecular formula is C26H33NO11. The Labute approximate surface area is 220 Å². The summed E-state index contributed by atoms with van der Waals surface area (Å²) in [5, 5.41) is 2.82. The quantitative estimate of drug-likeness (QED) is 0.317. The van der Waals surface area contributed by atoms with Crippen LogP contribution >= 0.6 is 0 Å². The molecule has 0 bridgehead atoms. The Morgan fingerprint density at radius 3 is 1.87 bits per heavy atom. The zero-order valence-electron chi connectivity index (χ0n) is 22.0. The molecule has 0 aliphatic heterocycles. The van der Waals surface area contributed by atoms with E-state index < -0.39 is 66.8 Å². The minimum atomic E-state index is -1.80. The SMILES string of the molecule is CC(=O)OC[C@@H](OC(C)=O)[C@H](OC(C)=O)[C@H](OC(C)=O)[C@H](OC(C)=O)C(=O)N[C@@H]1CCc2ccccc2C1. The molecule has 0 saturated heterocycles. The maximum absolute atomic E-state index is 13.5. The summed E-state index contributed by atoms with van der Waals surface area (Å²) in [6, 6.07) is 7.46. The second-order valence-electron chi connectivity index (χ2n) is 8.85. The number of benzene rings is 1. The van der Waals surface area contributed by atoms with E-state index in [0.717, 1.165) is 45.7 Å². The Morgan fingerprint density at radius 1 is 0.763 bits per heavy atom. The summed E-state index contributed by atoms with van der Waals surface area (Å²) < 4.78 is 26.0. The van der Waals surface area contributed by atoms with Gasteiger partial charge in [0.2, 0.25) is 6.10 Å². The summed E-state index contributed by atoms with van der Waals surface area (Å²) in [4.78, 5) is 72.8. The van der Waals surface area contributed by atoms with Crippen molar-refractivity contribution in [1.29, 1.82) is 0 Å². The number of carbonyl (C=O) groups is 6. The van der Waals surface area contributed by atoms with Crippen LogP contribution in [0.1, 0.15) is 52.2 Å². The van der Waals surface area contributed by atoms with Gasteiger partial charge in [-0.15, -0.1) is 0 Å². The van der Waals surface area contributed by atoms with Gasteiger partial charge < -0.3 is 29.0 Å². The first-order valence-electron chi connectivity index (χ1n) is 12.1. The van der Waals surface area contributed by atoms with Crippen LogP contribution in [0.25, 0.3) is 0 Å². The van der Waals surface area contributed by atoms with E-state index in [1.807, 2.05) is 24.3 Å². The van der Waals surface area contributed by atoms with Crippen LogP contribution in [0.2, 0.25) is 0 Å². The highest BCUT2D eigenvalue weighted by molar-refractivity contribution is 5.85. The van der Waals surface area contributed by atoms with Gasteiger partial charge in [0.1, 0.15) is 6.61 Å². The molecule has 0 unspecified atom stereocenters. The summed E-state index contributed by atoms with van der Waals surface area (Å²) in [5.74, 6) is -5.07. The van der Waals surface area contributed by atoms with Gasteiger partial charge in [0.15, 0.2) is 18.3 Å². The van der Waals surface area contributed by atoms with E-state index in [-0.39, 0.29) is 6.04 Å². The van der Waals surface area contributed by atoms with Crippen molar-refractivity contribution in [3.63, 3.8) is 0 Å². The van der Waals surface area contributed by atoms with Crippen LogP contribution in [-0.2, 0) is 65.3 Å². The Bertz CT molecular complexity index is 1050. The fraction of sp³-hybridized carbons (Fsp3) is 0.538. The molecule has 38 heavy (non-hydrogen) atoms. The molecule has 0 aromatic heterocycles. The smallest absolute Gasteiger partial charge is 0.303 e. The summed E-state index contributed by atoms with van der Waals surface area (Å²) in [6.07, 6.45) is -4.91. The average molecular weight is 536 g/mol. The maximum Gasteiger partial charge on any atom is 0.303 e. The number of carbonyl (C=O) groups excluding carboxylic acids is 6. The first kappa shape index (κ1) is 30.3. The molecule has 2 rings (SSSR count). The number of amides is 1. The summed E-state index contributed by atoms with van der Waals surface area (Å²) in [6.45, 7) is 4.68. The van der Waals surface area contributed by atoms with Gasteiger partial charge in [-0.3, -0.25) is 28.8 Å². The highest BCUT2D eigenvalue weighted by Gasteiger charge is 2.47. The molecule has 0 radical (unpaired) electrons. The zero-order chi connectivity index (χ0) is 28.4. The van der Waals surface area contributed by atoms with Gasteiger partial charge in [0.05, 0.1) is 0 Å². The molecule has 5 atom stereocenters. The van der Waals surface area contributed by atoms with Gasteiger partial charge in [-0.1, -0.05) is 24.3 Å². The Morgan fingerprint density at radius 2 is 1.32 bits per heavy atom. The van der Waals surface area contributed by atoms with E-state index in [1.165, 1.54) is 0 Å². The van der Waals surface area contributed by atoms with E-state index in [9.17, 15) is 28.8 Å². The lowest BCUT2D eigenvalue weighted by molar-refractivity contribution is -0.203. The third-order valence-corrected chi connectivity index (χ3v) is 5.61. The van der Waals surface area contributed by atoms with Gasteiger partial charge in [-0.25, -0.2) is 0 Å². The van der Waals surface area contributed by atoms with Gasteiger partial charge in [-0.2, -0.15) is 0 Å². The summed E-state index contributed by atoms with van der Waals surface area (Å²) >= 11 is 0. The van der Waals surface area contributed by atoms with Gasteiger partial charge in [-0.05, 0) is 30.4 Å². The van der Waals surface area contributed by atoms with Crippen molar-refractivity contribution in [2.75, 3.05) is 6.61 Å². The Balaban J connectivity index is 2.43. The highest BCUT2D eigenvalue weighted by Crippen LogP contribution is 2.23. The minimum absolute atomic E-state index is 0.328. The number of ether oxygens (including phenoxy) is 5. The Hall–Kier alpha value is -3.96. The number of aryl methyl sites for hydroxylation is 1. The molecule has 0 spiro atoms. The number of hydrogen-bond acceptors (Lipinski definition) is 11. The third kappa shape index (κ3) is 9.49. The lowest BCUT2D eigenvalue weighted by Gasteiger charge is -2.35. The fourth-order valence-corrected chi connectivity index (χ4v) is 4.20. The van der Waals surface area contributed by atoms with Crippen LogP contribution in [0.5, 0.6) is 0 Å². The van der Waals surface area contributed by atoms with Gasteiger partial charge >= 0.3 is 29.8 Å². The largest absolute Gasteiger partial charge is 0.462 e. The van der Waals surface area contributed by atoms with Gasteiger partial charge in [0, 0.05) is 40.7 Å². The Kier molecular flexibility index (Phi) is 11.2. The third-order valence-electron chi connectivity index (χ3n) is 5.61. The van der Waals surface area contributed by atoms with Crippen molar-refractivity contribution < 1.29 is 52.5 Å². The standard InChI is InChI=1S/C26H33NO11/c1-14(28)34-13-22(35-15(2)29)23(36-16(3)30)24(37-17(4)31)25(38-18(5)32)26(33)27-21-11-10-19-8-6-7-9-20(19)12-21/h6-9,21-25H,10-13H2,1-5H3,(H,27,33)/t21-,22-,23+,24+,25+/m1/s1. The number of hydrogen-bond donors (Lipinski definition) is 1. The molecule has 0 fully saturated rings. The lowest BCUT2D eigenvalue weighted by atomic mass is 9.88. The fourth-order valence-electron chi connectivity index (χ4n) is 4.20. The normalized spacial score (nSPS) is 17.3. The number of fused-ring (bicyclic) bond motifs is 1. The topological polar surface area (TPSA) is 161 Å². The molecule has 0 saturated carbocycles. The first-order valence-corrected chi connectivity index (χ1v) is 12.1. The van der Waals surface area contributed by atoms with Crippen molar-refractivity contribution in [2.24, 2.45) is 0 Å². The molecule has 208 valence electrons. The van der Waals surface area contributed by atoms with E-state index >= 15 is 0 Å². The molecule has 1 aliphatic rings. The van der Waals surface area contributed by atoms with Crippen LogP contribution in [0.15, 0.2) is 24.3 Å². The molecular weight excluding hydrogens is 502 g/mol. The van der Waals surface area contributed by atoms with Crippen molar-refractivity contribution in [3.8, 4) is 0 Å². The first-order chi connectivity index (χ1) is 17.9. The van der Waals surface area contributed by atoms with E-state index in [0.29, 0.717) is 19.3 Å². The number of esters is 5. The number of nitrogens with one attached hydrogen (secondary N) is 1. The molecule has 1 N–H and O–H groups in total. The molecule has 1 amide bonds. The lowest BCUT2D eigenvalue weighted by Crippen LogP contribution is -2.58. The highest BCUT2D eigenvalue weighted by atomic mass is 16.6. The van der Waals surface area contributed by atoms with Gasteiger partial charge in [0.25, 0.3) is 5.91 Å². The van der Waals surface area contributed by atoms with Crippen molar-refractivity contribution in [1.82, 2.24) is 5.32 Å². The molecule has 1 aliphatic carbocycles. The molecule has 1 aromatic rings. The van der Waals surface area contributed by atoms with Crippen LogP contribution in [-0.4, -0.2) is 72.8 Å². The second kappa shape index (κ2) is 14.1. The minimum Gasteiger partial charge on any atom is -0.462 e. The van der Waals surface area contributed by atoms with E-state index in [2.05, 4.69) is 5.32 Å². The zero-order valence-corrected chi connectivity index (χ0v) is 22.0. The predicted octanol–water partition coefficient (Wildman–Crippen LogP) is 0.950. The average Bonchev–Trinajstić information content (AvgIpc) is 2.81. The van der Waals surface area contributed by atoms with Crippen molar-refractivity contribution in [2.45, 2.75) is 84.3 Å². The van der Waals surface area contributed by atoms with Crippen LogP contribution < -0.4 is 5.32 Å². The molecule has 12 heteroatoms. The predicted molar refractivity (Wildman–Crippen MR) is 129 cm³/mol. The van der Waals surface area contributed by atoms with E-state index in [4.69, 9.17) is 23.7 Å². The van der Waals surface area contributed by atoms with Crippen LogP contribution in [0.4, 0.5) is 0 Å². The molecule has 12 nitrogen and oxygen atoms in total. The van der Waals surface area contributed by atoms with Crippen LogP contribution in [0, 0.1) is 0 Å². The summed E-state index contributed by atoms with van der Waals surface area (Å²) in [7, 11) is 0. The maximum atomic E-state index is 13.5. The van der Waals surface area contributed by atoms with Crippen molar-refractivity contribution >= 4 is 35.8 Å². The van der Waals surface area contributed by atoms with Crippen LogP contribution in [0.3, 0.4) is 0 Å². The van der Waals surface area contributed by atoms with Crippen molar-refractivity contribution in [3.05, 3.63) is 35.4 Å². The van der Waals surface area contributed by atoms with E-state index in [1.54, 1.807) is 0 Å². The molecule has 0 heterocycles.